The number of rotatable bonds is 4. The van der Waals surface area contributed by atoms with Crippen LogP contribution in [0.25, 0.3) is 0 Å². The molecule has 0 saturated carbocycles. The van der Waals surface area contributed by atoms with Gasteiger partial charge in [0.05, 0.1) is 7.11 Å². The van der Waals surface area contributed by atoms with Crippen LogP contribution in [0.15, 0.2) is 58.3 Å². The van der Waals surface area contributed by atoms with E-state index in [1.807, 2.05) is 37.3 Å². The minimum Gasteiger partial charge on any atom is -0.496 e. The van der Waals surface area contributed by atoms with Crippen LogP contribution in [0.3, 0.4) is 0 Å². The van der Waals surface area contributed by atoms with Crippen LogP contribution in [0.4, 0.5) is 0 Å². The van der Waals surface area contributed by atoms with E-state index in [2.05, 4.69) is 18.2 Å². The molecule has 2 aromatic carbocycles. The lowest BCUT2D eigenvalue weighted by atomic mass is 10.1. The molecule has 0 fully saturated rings. The molecule has 0 aromatic heterocycles. The summed E-state index contributed by atoms with van der Waals surface area (Å²) in [5.41, 5.74) is 7.11. The van der Waals surface area contributed by atoms with E-state index in [1.165, 1.54) is 4.90 Å². The standard InChI is InChI=1S/C15H17NOS/c1-11(16)15-13(17-2)9-6-10-14(15)18-12-7-4-3-5-8-12/h3-11H,16H2,1-2H3/t11-/m0/s1. The summed E-state index contributed by atoms with van der Waals surface area (Å²) in [6.07, 6.45) is 0. The summed E-state index contributed by atoms with van der Waals surface area (Å²) in [6, 6.07) is 16.3. The molecule has 0 radical (unpaired) electrons. The van der Waals surface area contributed by atoms with Gasteiger partial charge in [-0.05, 0) is 31.2 Å². The van der Waals surface area contributed by atoms with Gasteiger partial charge >= 0.3 is 0 Å². The third kappa shape index (κ3) is 2.86. The van der Waals surface area contributed by atoms with E-state index in [1.54, 1.807) is 18.9 Å². The first-order chi connectivity index (χ1) is 8.72. The van der Waals surface area contributed by atoms with Gasteiger partial charge in [-0.25, -0.2) is 0 Å². The zero-order valence-corrected chi connectivity index (χ0v) is 11.4. The Bertz CT molecular complexity index is 511. The topological polar surface area (TPSA) is 35.2 Å². The highest BCUT2D eigenvalue weighted by Crippen LogP contribution is 2.37. The molecule has 2 aromatic rings. The fourth-order valence-corrected chi connectivity index (χ4v) is 2.95. The van der Waals surface area contributed by atoms with Crippen molar-refractivity contribution in [1.29, 1.82) is 0 Å². The molecule has 94 valence electrons. The van der Waals surface area contributed by atoms with E-state index in [-0.39, 0.29) is 6.04 Å². The Morgan fingerprint density at radius 1 is 1.06 bits per heavy atom. The van der Waals surface area contributed by atoms with Crippen LogP contribution in [-0.4, -0.2) is 7.11 Å². The molecule has 0 unspecified atom stereocenters. The van der Waals surface area contributed by atoms with Gasteiger partial charge in [-0.3, -0.25) is 0 Å². The first-order valence-electron chi connectivity index (χ1n) is 5.87. The van der Waals surface area contributed by atoms with E-state index in [0.717, 1.165) is 16.2 Å². The Balaban J connectivity index is 2.38. The van der Waals surface area contributed by atoms with E-state index < -0.39 is 0 Å². The fourth-order valence-electron chi connectivity index (χ4n) is 1.86. The number of hydrogen-bond acceptors (Lipinski definition) is 3. The normalized spacial score (nSPS) is 12.2. The molecule has 18 heavy (non-hydrogen) atoms. The molecule has 2 nitrogen and oxygen atoms in total. The Morgan fingerprint density at radius 2 is 1.78 bits per heavy atom. The molecule has 0 aliphatic carbocycles. The maximum absolute atomic E-state index is 6.05. The second kappa shape index (κ2) is 5.94. The van der Waals surface area contributed by atoms with E-state index in [0.29, 0.717) is 0 Å². The Morgan fingerprint density at radius 3 is 2.39 bits per heavy atom. The number of nitrogens with two attached hydrogens (primary N) is 1. The van der Waals surface area contributed by atoms with E-state index in [9.17, 15) is 0 Å². The number of benzene rings is 2. The first kappa shape index (κ1) is 13.0. The molecule has 2 rings (SSSR count). The monoisotopic (exact) mass is 259 g/mol. The van der Waals surface area contributed by atoms with Crippen molar-refractivity contribution in [2.24, 2.45) is 5.73 Å². The van der Waals surface area contributed by atoms with Gasteiger partial charge in [-0.2, -0.15) is 0 Å². The maximum Gasteiger partial charge on any atom is 0.124 e. The van der Waals surface area contributed by atoms with Crippen molar-refractivity contribution in [2.75, 3.05) is 7.11 Å². The van der Waals surface area contributed by atoms with Crippen LogP contribution in [0.2, 0.25) is 0 Å². The molecule has 0 aliphatic heterocycles. The molecule has 3 heteroatoms. The van der Waals surface area contributed by atoms with Gasteiger partial charge in [0.15, 0.2) is 0 Å². The van der Waals surface area contributed by atoms with Crippen molar-refractivity contribution in [3.05, 3.63) is 54.1 Å². The van der Waals surface area contributed by atoms with Gasteiger partial charge in [0, 0.05) is 21.4 Å². The van der Waals surface area contributed by atoms with Gasteiger partial charge in [0.2, 0.25) is 0 Å². The molecular weight excluding hydrogens is 242 g/mol. The van der Waals surface area contributed by atoms with Crippen LogP contribution in [-0.2, 0) is 0 Å². The van der Waals surface area contributed by atoms with Gasteiger partial charge in [-0.15, -0.1) is 0 Å². The summed E-state index contributed by atoms with van der Waals surface area (Å²) in [4.78, 5) is 2.35. The summed E-state index contributed by atoms with van der Waals surface area (Å²) >= 11 is 1.71. The van der Waals surface area contributed by atoms with Crippen LogP contribution in [0, 0.1) is 0 Å². The van der Waals surface area contributed by atoms with Gasteiger partial charge in [0.25, 0.3) is 0 Å². The van der Waals surface area contributed by atoms with Crippen molar-refractivity contribution in [3.8, 4) is 5.75 Å². The summed E-state index contributed by atoms with van der Waals surface area (Å²) < 4.78 is 5.39. The summed E-state index contributed by atoms with van der Waals surface area (Å²) in [5, 5.41) is 0. The van der Waals surface area contributed by atoms with Crippen LogP contribution < -0.4 is 10.5 Å². The van der Waals surface area contributed by atoms with Crippen molar-refractivity contribution in [3.63, 3.8) is 0 Å². The first-order valence-corrected chi connectivity index (χ1v) is 6.69. The third-order valence-corrected chi connectivity index (χ3v) is 3.76. The molecule has 0 spiro atoms. The van der Waals surface area contributed by atoms with E-state index >= 15 is 0 Å². The van der Waals surface area contributed by atoms with Gasteiger partial charge < -0.3 is 10.5 Å². The average molecular weight is 259 g/mol. The Kier molecular flexibility index (Phi) is 4.28. The number of methoxy groups -OCH3 is 1. The highest BCUT2D eigenvalue weighted by Gasteiger charge is 2.13. The number of ether oxygens (including phenoxy) is 1. The molecule has 0 aliphatic rings. The van der Waals surface area contributed by atoms with Crippen molar-refractivity contribution in [2.45, 2.75) is 22.8 Å². The molecule has 0 amide bonds. The lowest BCUT2D eigenvalue weighted by Gasteiger charge is -2.16. The molecule has 0 heterocycles. The molecule has 2 N–H and O–H groups in total. The zero-order chi connectivity index (χ0) is 13.0. The number of hydrogen-bond donors (Lipinski definition) is 1. The molecular formula is C15H17NOS. The van der Waals surface area contributed by atoms with Gasteiger partial charge in [-0.1, -0.05) is 36.0 Å². The SMILES string of the molecule is COc1cccc(Sc2ccccc2)c1[C@H](C)N. The Labute approximate surface area is 112 Å². The summed E-state index contributed by atoms with van der Waals surface area (Å²) in [5.74, 6) is 0.853. The largest absolute Gasteiger partial charge is 0.496 e. The smallest absolute Gasteiger partial charge is 0.124 e. The summed E-state index contributed by atoms with van der Waals surface area (Å²) in [7, 11) is 1.68. The predicted molar refractivity (Wildman–Crippen MR) is 76.2 cm³/mol. The van der Waals surface area contributed by atoms with Crippen molar-refractivity contribution >= 4 is 11.8 Å². The van der Waals surface area contributed by atoms with E-state index in [4.69, 9.17) is 10.5 Å². The quantitative estimate of drug-likeness (QED) is 0.905. The molecule has 0 saturated heterocycles. The fraction of sp³-hybridized carbons (Fsp3) is 0.200. The lowest BCUT2D eigenvalue weighted by Crippen LogP contribution is -2.08. The van der Waals surface area contributed by atoms with Crippen LogP contribution in [0.1, 0.15) is 18.5 Å². The van der Waals surface area contributed by atoms with Crippen molar-refractivity contribution in [1.82, 2.24) is 0 Å². The molecule has 0 bridgehead atoms. The van der Waals surface area contributed by atoms with Crippen molar-refractivity contribution < 1.29 is 4.74 Å². The lowest BCUT2D eigenvalue weighted by molar-refractivity contribution is 0.405. The zero-order valence-electron chi connectivity index (χ0n) is 10.6. The second-order valence-electron chi connectivity index (χ2n) is 4.08. The van der Waals surface area contributed by atoms with Crippen LogP contribution in [0.5, 0.6) is 5.75 Å². The predicted octanol–water partition coefficient (Wildman–Crippen LogP) is 3.87. The average Bonchev–Trinajstić information content (AvgIpc) is 2.39. The second-order valence-corrected chi connectivity index (χ2v) is 5.19. The Hall–Kier alpha value is -1.45. The minimum atomic E-state index is -0.0487. The highest BCUT2D eigenvalue weighted by molar-refractivity contribution is 7.99. The maximum atomic E-state index is 6.05. The highest BCUT2D eigenvalue weighted by atomic mass is 32.2. The third-order valence-electron chi connectivity index (χ3n) is 2.67. The minimum absolute atomic E-state index is 0.0487. The van der Waals surface area contributed by atoms with Gasteiger partial charge in [0.1, 0.15) is 5.75 Å². The van der Waals surface area contributed by atoms with Crippen LogP contribution >= 0.6 is 11.8 Å². The summed E-state index contributed by atoms with van der Waals surface area (Å²) in [6.45, 7) is 1.98. The molecule has 1 atom stereocenters.